The minimum absolute atomic E-state index is 0.664. The molecular formula is C16H34N2. The van der Waals surface area contributed by atoms with Crippen LogP contribution in [0.15, 0.2) is 0 Å². The highest BCUT2D eigenvalue weighted by Crippen LogP contribution is 2.20. The standard InChI is InChI=1S/C16H34N2/c1-5-11-17-16(14(3)4)13-18-12-9-7-8-10-15(18)6-2/h14-17H,5-13H2,1-4H3. The Bertz CT molecular complexity index is 203. The van der Waals surface area contributed by atoms with Crippen molar-refractivity contribution in [3.63, 3.8) is 0 Å². The van der Waals surface area contributed by atoms with Crippen molar-refractivity contribution in [1.29, 1.82) is 0 Å². The van der Waals surface area contributed by atoms with Crippen LogP contribution >= 0.6 is 0 Å². The van der Waals surface area contributed by atoms with Gasteiger partial charge >= 0.3 is 0 Å². The maximum Gasteiger partial charge on any atom is 0.0218 e. The number of hydrogen-bond acceptors (Lipinski definition) is 2. The summed E-state index contributed by atoms with van der Waals surface area (Å²) < 4.78 is 0. The Kier molecular flexibility index (Phi) is 7.92. The van der Waals surface area contributed by atoms with E-state index in [2.05, 4.69) is 37.9 Å². The molecule has 1 rings (SSSR count). The lowest BCUT2D eigenvalue weighted by Gasteiger charge is -2.34. The lowest BCUT2D eigenvalue weighted by molar-refractivity contribution is 0.159. The van der Waals surface area contributed by atoms with Crippen LogP contribution in [-0.2, 0) is 0 Å². The molecule has 2 nitrogen and oxygen atoms in total. The second-order valence-corrected chi connectivity index (χ2v) is 6.21. The highest BCUT2D eigenvalue weighted by Gasteiger charge is 2.23. The summed E-state index contributed by atoms with van der Waals surface area (Å²) in [7, 11) is 0. The average Bonchev–Trinajstić information content (AvgIpc) is 2.58. The molecule has 1 saturated heterocycles. The first-order chi connectivity index (χ1) is 8.69. The van der Waals surface area contributed by atoms with Gasteiger partial charge in [-0.25, -0.2) is 0 Å². The van der Waals surface area contributed by atoms with Crippen LogP contribution in [0.5, 0.6) is 0 Å². The zero-order valence-electron chi connectivity index (χ0n) is 13.0. The summed E-state index contributed by atoms with van der Waals surface area (Å²) >= 11 is 0. The molecule has 0 spiro atoms. The van der Waals surface area contributed by atoms with E-state index >= 15 is 0 Å². The molecule has 0 amide bonds. The fraction of sp³-hybridized carbons (Fsp3) is 1.00. The van der Waals surface area contributed by atoms with Crippen molar-refractivity contribution >= 4 is 0 Å². The zero-order chi connectivity index (χ0) is 13.4. The zero-order valence-corrected chi connectivity index (χ0v) is 13.0. The van der Waals surface area contributed by atoms with E-state index in [4.69, 9.17) is 0 Å². The van der Waals surface area contributed by atoms with Gasteiger partial charge in [0, 0.05) is 18.6 Å². The Morgan fingerprint density at radius 1 is 1.17 bits per heavy atom. The topological polar surface area (TPSA) is 15.3 Å². The van der Waals surface area contributed by atoms with Crippen molar-refractivity contribution in [3.05, 3.63) is 0 Å². The van der Waals surface area contributed by atoms with Crippen molar-refractivity contribution in [2.24, 2.45) is 5.92 Å². The van der Waals surface area contributed by atoms with Crippen LogP contribution in [0.4, 0.5) is 0 Å². The molecule has 0 saturated carbocycles. The fourth-order valence-corrected chi connectivity index (χ4v) is 3.03. The molecule has 2 unspecified atom stereocenters. The lowest BCUT2D eigenvalue weighted by Crippen LogP contribution is -2.47. The molecule has 2 heteroatoms. The number of rotatable bonds is 7. The molecule has 108 valence electrons. The highest BCUT2D eigenvalue weighted by atomic mass is 15.2. The molecular weight excluding hydrogens is 220 g/mol. The van der Waals surface area contributed by atoms with Crippen molar-refractivity contribution in [2.45, 2.75) is 78.3 Å². The molecule has 1 fully saturated rings. The van der Waals surface area contributed by atoms with Gasteiger partial charge in [0.15, 0.2) is 0 Å². The van der Waals surface area contributed by atoms with Gasteiger partial charge in [-0.2, -0.15) is 0 Å². The second-order valence-electron chi connectivity index (χ2n) is 6.21. The van der Waals surface area contributed by atoms with Crippen LogP contribution < -0.4 is 5.32 Å². The summed E-state index contributed by atoms with van der Waals surface area (Å²) in [5.41, 5.74) is 0. The molecule has 2 atom stereocenters. The number of nitrogens with zero attached hydrogens (tertiary/aromatic N) is 1. The van der Waals surface area contributed by atoms with E-state index in [9.17, 15) is 0 Å². The van der Waals surface area contributed by atoms with Gasteiger partial charge in [-0.1, -0.05) is 40.5 Å². The molecule has 18 heavy (non-hydrogen) atoms. The van der Waals surface area contributed by atoms with Gasteiger partial charge in [0.2, 0.25) is 0 Å². The Hall–Kier alpha value is -0.0800. The third-order valence-electron chi connectivity index (χ3n) is 4.36. The smallest absolute Gasteiger partial charge is 0.0218 e. The van der Waals surface area contributed by atoms with Gasteiger partial charge in [-0.05, 0) is 44.7 Å². The van der Waals surface area contributed by atoms with E-state index < -0.39 is 0 Å². The molecule has 1 heterocycles. The second kappa shape index (κ2) is 8.92. The third kappa shape index (κ3) is 5.27. The molecule has 0 bridgehead atoms. The maximum atomic E-state index is 3.74. The van der Waals surface area contributed by atoms with E-state index in [0.717, 1.165) is 18.5 Å². The first-order valence-electron chi connectivity index (χ1n) is 8.16. The summed E-state index contributed by atoms with van der Waals surface area (Å²) in [6.07, 6.45) is 8.23. The van der Waals surface area contributed by atoms with Gasteiger partial charge in [0.25, 0.3) is 0 Å². The normalized spacial score (nSPS) is 24.2. The van der Waals surface area contributed by atoms with E-state index in [1.807, 2.05) is 0 Å². The van der Waals surface area contributed by atoms with Crippen molar-refractivity contribution in [3.8, 4) is 0 Å². The monoisotopic (exact) mass is 254 g/mol. The largest absolute Gasteiger partial charge is 0.312 e. The quantitative estimate of drug-likeness (QED) is 0.746. The first-order valence-corrected chi connectivity index (χ1v) is 8.16. The van der Waals surface area contributed by atoms with Gasteiger partial charge < -0.3 is 5.32 Å². The number of likely N-dealkylation sites (tertiary alicyclic amines) is 1. The third-order valence-corrected chi connectivity index (χ3v) is 4.36. The molecule has 0 aromatic heterocycles. The SMILES string of the molecule is CCCNC(CN1CCCCCC1CC)C(C)C. The molecule has 0 radical (unpaired) electrons. The summed E-state index contributed by atoms with van der Waals surface area (Å²) in [6.45, 7) is 13.0. The number of nitrogens with one attached hydrogen (secondary N) is 1. The average molecular weight is 254 g/mol. The van der Waals surface area contributed by atoms with Crippen LogP contribution in [0.25, 0.3) is 0 Å². The van der Waals surface area contributed by atoms with Crippen LogP contribution in [0.2, 0.25) is 0 Å². The van der Waals surface area contributed by atoms with Crippen LogP contribution in [0, 0.1) is 5.92 Å². The Morgan fingerprint density at radius 2 is 1.94 bits per heavy atom. The summed E-state index contributed by atoms with van der Waals surface area (Å²) in [6, 6.07) is 1.49. The molecule has 1 aliphatic heterocycles. The van der Waals surface area contributed by atoms with Crippen molar-refractivity contribution < 1.29 is 0 Å². The predicted octanol–water partition coefficient (Wildman–Crippen LogP) is 3.67. The summed E-state index contributed by atoms with van der Waals surface area (Å²) in [5.74, 6) is 0.734. The van der Waals surface area contributed by atoms with Crippen LogP contribution in [0.1, 0.15) is 66.2 Å². The van der Waals surface area contributed by atoms with Crippen LogP contribution in [-0.4, -0.2) is 36.6 Å². The first kappa shape index (κ1) is 16.0. The lowest BCUT2D eigenvalue weighted by atomic mass is 10.0. The van der Waals surface area contributed by atoms with Gasteiger partial charge in [0.05, 0.1) is 0 Å². The summed E-state index contributed by atoms with van der Waals surface area (Å²) in [5, 5.41) is 3.74. The van der Waals surface area contributed by atoms with Gasteiger partial charge in [-0.15, -0.1) is 0 Å². The van der Waals surface area contributed by atoms with E-state index in [0.29, 0.717) is 6.04 Å². The Morgan fingerprint density at radius 3 is 2.56 bits per heavy atom. The molecule has 0 aliphatic carbocycles. The maximum absolute atomic E-state index is 3.74. The highest BCUT2D eigenvalue weighted by molar-refractivity contribution is 4.81. The fourth-order valence-electron chi connectivity index (χ4n) is 3.03. The Labute approximate surface area is 115 Å². The van der Waals surface area contributed by atoms with E-state index in [1.165, 1.54) is 51.6 Å². The Balaban J connectivity index is 2.52. The van der Waals surface area contributed by atoms with Gasteiger partial charge in [0.1, 0.15) is 0 Å². The van der Waals surface area contributed by atoms with Gasteiger partial charge in [-0.3, -0.25) is 4.90 Å². The molecule has 1 N–H and O–H groups in total. The van der Waals surface area contributed by atoms with E-state index in [1.54, 1.807) is 0 Å². The molecule has 0 aromatic rings. The van der Waals surface area contributed by atoms with Crippen molar-refractivity contribution in [2.75, 3.05) is 19.6 Å². The van der Waals surface area contributed by atoms with E-state index in [-0.39, 0.29) is 0 Å². The number of hydrogen-bond donors (Lipinski definition) is 1. The van der Waals surface area contributed by atoms with Crippen molar-refractivity contribution in [1.82, 2.24) is 10.2 Å². The molecule has 1 aliphatic rings. The van der Waals surface area contributed by atoms with Crippen LogP contribution in [0.3, 0.4) is 0 Å². The summed E-state index contributed by atoms with van der Waals surface area (Å²) in [4.78, 5) is 2.76. The minimum atomic E-state index is 0.664. The minimum Gasteiger partial charge on any atom is -0.312 e. The molecule has 0 aromatic carbocycles. The predicted molar refractivity (Wildman–Crippen MR) is 81.0 cm³/mol.